The number of fused-ring (bicyclic) bond motifs is 1. The first-order chi connectivity index (χ1) is 8.63. The van der Waals surface area contributed by atoms with Gasteiger partial charge in [-0.3, -0.25) is 9.59 Å². The number of hydrogen-bond acceptors (Lipinski definition) is 2. The normalized spacial score (nSPS) is 37.7. The van der Waals surface area contributed by atoms with Crippen molar-refractivity contribution in [2.45, 2.75) is 38.5 Å². The Balaban J connectivity index is 1.46. The van der Waals surface area contributed by atoms with E-state index in [1.807, 2.05) is 4.90 Å². The van der Waals surface area contributed by atoms with E-state index in [2.05, 4.69) is 0 Å². The molecule has 3 unspecified atom stereocenters. The van der Waals surface area contributed by atoms with Gasteiger partial charge in [0.15, 0.2) is 0 Å². The molecule has 0 aromatic rings. The van der Waals surface area contributed by atoms with Crippen molar-refractivity contribution in [1.82, 2.24) is 4.90 Å². The van der Waals surface area contributed by atoms with Gasteiger partial charge in [-0.15, -0.1) is 0 Å². The lowest BCUT2D eigenvalue weighted by atomic mass is 10.0. The van der Waals surface area contributed by atoms with Crippen LogP contribution >= 0.6 is 0 Å². The molecule has 0 spiro atoms. The molecular weight excluding hydrogens is 230 g/mol. The minimum Gasteiger partial charge on any atom is -0.481 e. The molecule has 3 atom stereocenters. The van der Waals surface area contributed by atoms with Crippen LogP contribution in [0.4, 0.5) is 0 Å². The third kappa shape index (κ3) is 2.38. The average Bonchev–Trinajstić information content (AvgIpc) is 2.81. The van der Waals surface area contributed by atoms with Crippen LogP contribution in [0.2, 0.25) is 0 Å². The van der Waals surface area contributed by atoms with Gasteiger partial charge < -0.3 is 10.0 Å². The predicted molar refractivity (Wildman–Crippen MR) is 65.9 cm³/mol. The Morgan fingerprint density at radius 2 is 1.89 bits per heavy atom. The topological polar surface area (TPSA) is 57.6 Å². The van der Waals surface area contributed by atoms with Gasteiger partial charge in [0.1, 0.15) is 0 Å². The van der Waals surface area contributed by atoms with E-state index in [-0.39, 0.29) is 12.3 Å². The fourth-order valence-corrected chi connectivity index (χ4v) is 3.77. The van der Waals surface area contributed by atoms with Gasteiger partial charge in [0.05, 0.1) is 0 Å². The second-order valence-corrected chi connectivity index (χ2v) is 6.30. The van der Waals surface area contributed by atoms with Crippen molar-refractivity contribution >= 4 is 11.9 Å². The van der Waals surface area contributed by atoms with E-state index in [0.717, 1.165) is 50.6 Å². The molecule has 1 amide bonds. The molecule has 2 saturated carbocycles. The molecule has 18 heavy (non-hydrogen) atoms. The fraction of sp³-hybridized carbons (Fsp3) is 0.857. The van der Waals surface area contributed by atoms with Crippen molar-refractivity contribution in [2.24, 2.45) is 23.7 Å². The van der Waals surface area contributed by atoms with Gasteiger partial charge in [0, 0.05) is 25.4 Å². The molecule has 0 aromatic carbocycles. The Morgan fingerprint density at radius 1 is 1.17 bits per heavy atom. The van der Waals surface area contributed by atoms with Crippen molar-refractivity contribution in [2.75, 3.05) is 13.1 Å². The molecule has 1 saturated heterocycles. The second-order valence-electron chi connectivity index (χ2n) is 6.30. The summed E-state index contributed by atoms with van der Waals surface area (Å²) in [5.41, 5.74) is 0. The van der Waals surface area contributed by atoms with Gasteiger partial charge in [-0.2, -0.15) is 0 Å². The number of carbonyl (C=O) groups excluding carboxylic acids is 1. The van der Waals surface area contributed by atoms with E-state index < -0.39 is 5.97 Å². The van der Waals surface area contributed by atoms with Crippen molar-refractivity contribution in [3.05, 3.63) is 0 Å². The van der Waals surface area contributed by atoms with Crippen molar-refractivity contribution in [3.8, 4) is 0 Å². The molecule has 0 bridgehead atoms. The minimum absolute atomic E-state index is 0.236. The Hall–Kier alpha value is -1.06. The Bertz CT molecular complexity index is 358. The number of carboxylic acid groups (broad SMARTS) is 1. The van der Waals surface area contributed by atoms with E-state index in [1.165, 1.54) is 6.42 Å². The third-order valence-corrected chi connectivity index (χ3v) is 4.96. The standard InChI is InChI=1S/C14H21NO3/c16-13(17)2-1-9-3-4-15(8-9)14(18)12-6-10-5-11(10)7-12/h9-12H,1-8H2,(H,16,17). The smallest absolute Gasteiger partial charge is 0.303 e. The zero-order chi connectivity index (χ0) is 12.7. The summed E-state index contributed by atoms with van der Waals surface area (Å²) in [5, 5.41) is 8.67. The fourth-order valence-electron chi connectivity index (χ4n) is 3.77. The van der Waals surface area contributed by atoms with Gasteiger partial charge in [-0.05, 0) is 49.9 Å². The molecule has 3 fully saturated rings. The van der Waals surface area contributed by atoms with Crippen LogP contribution in [0.1, 0.15) is 38.5 Å². The lowest BCUT2D eigenvalue weighted by Crippen LogP contribution is -2.34. The molecule has 1 N–H and O–H groups in total. The summed E-state index contributed by atoms with van der Waals surface area (Å²) in [5.74, 6) is 2.01. The number of hydrogen-bond donors (Lipinski definition) is 1. The Kier molecular flexibility index (Phi) is 3.04. The molecule has 1 aliphatic heterocycles. The van der Waals surface area contributed by atoms with Crippen LogP contribution in [0.25, 0.3) is 0 Å². The maximum absolute atomic E-state index is 12.3. The molecule has 100 valence electrons. The summed E-state index contributed by atoms with van der Waals surface area (Å²) in [6.45, 7) is 1.63. The number of nitrogens with zero attached hydrogens (tertiary/aromatic N) is 1. The zero-order valence-electron chi connectivity index (χ0n) is 10.7. The maximum Gasteiger partial charge on any atom is 0.303 e. The van der Waals surface area contributed by atoms with Gasteiger partial charge in [-0.25, -0.2) is 0 Å². The zero-order valence-corrected chi connectivity index (χ0v) is 10.7. The van der Waals surface area contributed by atoms with Crippen LogP contribution in [-0.2, 0) is 9.59 Å². The first-order valence-electron chi connectivity index (χ1n) is 7.14. The summed E-state index contributed by atoms with van der Waals surface area (Å²) >= 11 is 0. The summed E-state index contributed by atoms with van der Waals surface area (Å²) in [6, 6.07) is 0. The number of amides is 1. The Labute approximate surface area is 107 Å². The van der Waals surface area contributed by atoms with Crippen LogP contribution in [0, 0.1) is 23.7 Å². The molecule has 4 nitrogen and oxygen atoms in total. The van der Waals surface area contributed by atoms with Crippen LogP contribution < -0.4 is 0 Å². The van der Waals surface area contributed by atoms with Gasteiger partial charge in [-0.1, -0.05) is 0 Å². The van der Waals surface area contributed by atoms with Crippen LogP contribution in [0.5, 0.6) is 0 Å². The summed E-state index contributed by atoms with van der Waals surface area (Å²) in [7, 11) is 0. The Morgan fingerprint density at radius 3 is 2.56 bits per heavy atom. The average molecular weight is 251 g/mol. The molecule has 1 heterocycles. The van der Waals surface area contributed by atoms with E-state index in [4.69, 9.17) is 5.11 Å². The summed E-state index contributed by atoms with van der Waals surface area (Å²) in [4.78, 5) is 24.8. The van der Waals surface area contributed by atoms with Gasteiger partial charge in [0.25, 0.3) is 0 Å². The predicted octanol–water partition coefficient (Wildman–Crippen LogP) is 1.75. The SMILES string of the molecule is O=C(O)CCC1CCN(C(=O)C2CC3CC3C2)C1. The van der Waals surface area contributed by atoms with Crippen molar-refractivity contribution in [3.63, 3.8) is 0 Å². The maximum atomic E-state index is 12.3. The van der Waals surface area contributed by atoms with Crippen molar-refractivity contribution < 1.29 is 14.7 Å². The number of rotatable bonds is 4. The third-order valence-electron chi connectivity index (χ3n) is 4.96. The van der Waals surface area contributed by atoms with E-state index in [1.54, 1.807) is 0 Å². The first kappa shape index (κ1) is 12.0. The second kappa shape index (κ2) is 4.56. The quantitative estimate of drug-likeness (QED) is 0.828. The highest BCUT2D eigenvalue weighted by Gasteiger charge is 2.49. The monoisotopic (exact) mass is 251 g/mol. The molecule has 2 aliphatic carbocycles. The lowest BCUT2D eigenvalue weighted by Gasteiger charge is -2.21. The highest BCUT2D eigenvalue weighted by atomic mass is 16.4. The summed E-state index contributed by atoms with van der Waals surface area (Å²) < 4.78 is 0. The first-order valence-corrected chi connectivity index (χ1v) is 7.14. The van der Waals surface area contributed by atoms with Gasteiger partial charge >= 0.3 is 5.97 Å². The summed E-state index contributed by atoms with van der Waals surface area (Å²) in [6.07, 6.45) is 5.51. The van der Waals surface area contributed by atoms with E-state index in [9.17, 15) is 9.59 Å². The van der Waals surface area contributed by atoms with Crippen LogP contribution in [-0.4, -0.2) is 35.0 Å². The molecule has 0 aromatic heterocycles. The molecular formula is C14H21NO3. The van der Waals surface area contributed by atoms with Crippen LogP contribution in [0.3, 0.4) is 0 Å². The molecule has 3 rings (SSSR count). The molecule has 0 radical (unpaired) electrons. The molecule has 4 heteroatoms. The largest absolute Gasteiger partial charge is 0.481 e. The highest BCUT2D eigenvalue weighted by molar-refractivity contribution is 5.79. The van der Waals surface area contributed by atoms with E-state index in [0.29, 0.717) is 11.8 Å². The number of likely N-dealkylation sites (tertiary alicyclic amines) is 1. The lowest BCUT2D eigenvalue weighted by molar-refractivity contribution is -0.137. The number of carboxylic acids is 1. The highest BCUT2D eigenvalue weighted by Crippen LogP contribution is 2.54. The van der Waals surface area contributed by atoms with Crippen LogP contribution in [0.15, 0.2) is 0 Å². The molecule has 3 aliphatic rings. The van der Waals surface area contributed by atoms with Crippen molar-refractivity contribution in [1.29, 1.82) is 0 Å². The van der Waals surface area contributed by atoms with Gasteiger partial charge in [0.2, 0.25) is 5.91 Å². The number of aliphatic carboxylic acids is 1. The number of carbonyl (C=O) groups is 2. The minimum atomic E-state index is -0.726. The van der Waals surface area contributed by atoms with E-state index >= 15 is 0 Å².